The topological polar surface area (TPSA) is 87.7 Å². The number of carbonyl (C=O) groups excluding carboxylic acids is 2. The summed E-state index contributed by atoms with van der Waals surface area (Å²) in [5, 5.41) is 15.3. The third kappa shape index (κ3) is 2.61. The number of urea groups is 1. The Bertz CT molecular complexity index is 791. The Morgan fingerprint density at radius 1 is 1.08 bits per heavy atom. The van der Waals surface area contributed by atoms with Crippen molar-refractivity contribution in [3.63, 3.8) is 0 Å². The molecule has 2 aromatic carbocycles. The molecule has 1 aliphatic heterocycles. The van der Waals surface area contributed by atoms with Gasteiger partial charge in [-0.3, -0.25) is 10.1 Å². The number of methoxy groups -OCH3 is 1. The molecule has 0 aliphatic carbocycles. The van der Waals surface area contributed by atoms with Gasteiger partial charge in [-0.15, -0.1) is 0 Å². The fraction of sp³-hybridized carbons (Fsp3) is 0.222. The standard InChI is InChI=1S/C18H18N2O4/c1-18(16(22)19-17(23)20-18)15(21)13-9-8-12(10-14(13)24-2)11-6-4-3-5-7-11/h3-10,15,21H,1-2H3,(H2,19,20,22,23). The first-order valence-corrected chi connectivity index (χ1v) is 7.50. The van der Waals surface area contributed by atoms with Crippen LogP contribution < -0.4 is 15.4 Å². The zero-order valence-electron chi connectivity index (χ0n) is 13.4. The van der Waals surface area contributed by atoms with Crippen LogP contribution in [0.25, 0.3) is 11.1 Å². The van der Waals surface area contributed by atoms with E-state index in [9.17, 15) is 14.7 Å². The maximum absolute atomic E-state index is 12.0. The molecule has 2 atom stereocenters. The van der Waals surface area contributed by atoms with Crippen molar-refractivity contribution < 1.29 is 19.4 Å². The van der Waals surface area contributed by atoms with E-state index in [1.165, 1.54) is 14.0 Å². The first-order chi connectivity index (χ1) is 11.5. The zero-order valence-corrected chi connectivity index (χ0v) is 13.4. The molecule has 6 nitrogen and oxygen atoms in total. The number of carbonyl (C=O) groups is 2. The smallest absolute Gasteiger partial charge is 0.322 e. The van der Waals surface area contributed by atoms with Gasteiger partial charge in [0.05, 0.1) is 7.11 Å². The first-order valence-electron chi connectivity index (χ1n) is 7.50. The maximum Gasteiger partial charge on any atom is 0.322 e. The Morgan fingerprint density at radius 2 is 1.79 bits per heavy atom. The number of hydrogen-bond acceptors (Lipinski definition) is 4. The van der Waals surface area contributed by atoms with Crippen molar-refractivity contribution in [2.45, 2.75) is 18.6 Å². The van der Waals surface area contributed by atoms with E-state index >= 15 is 0 Å². The number of aliphatic hydroxyl groups is 1. The van der Waals surface area contributed by atoms with Crippen molar-refractivity contribution >= 4 is 11.9 Å². The van der Waals surface area contributed by atoms with E-state index in [2.05, 4.69) is 10.6 Å². The molecule has 3 amide bonds. The van der Waals surface area contributed by atoms with Gasteiger partial charge in [-0.1, -0.05) is 42.5 Å². The van der Waals surface area contributed by atoms with Gasteiger partial charge in [-0.2, -0.15) is 0 Å². The molecule has 1 aliphatic rings. The highest BCUT2D eigenvalue weighted by molar-refractivity contribution is 6.07. The number of benzene rings is 2. The summed E-state index contributed by atoms with van der Waals surface area (Å²) in [7, 11) is 1.50. The number of hydrogen-bond donors (Lipinski definition) is 3. The Labute approximate surface area is 139 Å². The highest BCUT2D eigenvalue weighted by atomic mass is 16.5. The molecule has 6 heteroatoms. The maximum atomic E-state index is 12.0. The summed E-state index contributed by atoms with van der Waals surface area (Å²) in [4.78, 5) is 23.4. The van der Waals surface area contributed by atoms with Gasteiger partial charge in [-0.05, 0) is 24.1 Å². The predicted molar refractivity (Wildman–Crippen MR) is 88.5 cm³/mol. The summed E-state index contributed by atoms with van der Waals surface area (Å²) < 4.78 is 5.39. The summed E-state index contributed by atoms with van der Waals surface area (Å²) >= 11 is 0. The highest BCUT2D eigenvalue weighted by Crippen LogP contribution is 2.36. The van der Waals surface area contributed by atoms with Gasteiger partial charge >= 0.3 is 6.03 Å². The quantitative estimate of drug-likeness (QED) is 0.750. The van der Waals surface area contributed by atoms with E-state index in [1.54, 1.807) is 12.1 Å². The molecule has 1 saturated heterocycles. The monoisotopic (exact) mass is 326 g/mol. The van der Waals surface area contributed by atoms with Gasteiger partial charge in [0.2, 0.25) is 0 Å². The van der Waals surface area contributed by atoms with Gasteiger partial charge in [0.15, 0.2) is 0 Å². The number of rotatable bonds is 4. The molecule has 124 valence electrons. The Kier molecular flexibility index (Phi) is 3.99. The van der Waals surface area contributed by atoms with E-state index < -0.39 is 23.6 Å². The molecular formula is C18H18N2O4. The molecule has 0 spiro atoms. The molecule has 1 fully saturated rings. The molecule has 3 rings (SSSR count). The molecule has 3 N–H and O–H groups in total. The van der Waals surface area contributed by atoms with Crippen LogP contribution in [0, 0.1) is 0 Å². The third-order valence-electron chi connectivity index (χ3n) is 4.25. The summed E-state index contributed by atoms with van der Waals surface area (Å²) in [6, 6.07) is 14.5. The third-order valence-corrected chi connectivity index (χ3v) is 4.25. The number of nitrogens with one attached hydrogen (secondary N) is 2. The lowest BCUT2D eigenvalue weighted by Crippen LogP contribution is -2.49. The Balaban J connectivity index is 1.99. The van der Waals surface area contributed by atoms with Gasteiger partial charge in [0.25, 0.3) is 5.91 Å². The van der Waals surface area contributed by atoms with Crippen LogP contribution in [0.1, 0.15) is 18.6 Å². The van der Waals surface area contributed by atoms with Gasteiger partial charge in [0.1, 0.15) is 17.4 Å². The molecule has 24 heavy (non-hydrogen) atoms. The van der Waals surface area contributed by atoms with Gasteiger partial charge in [-0.25, -0.2) is 4.79 Å². The van der Waals surface area contributed by atoms with Crippen molar-refractivity contribution in [1.29, 1.82) is 0 Å². The van der Waals surface area contributed by atoms with Crippen molar-refractivity contribution in [2.24, 2.45) is 0 Å². The molecule has 0 aromatic heterocycles. The number of imide groups is 1. The van der Waals surface area contributed by atoms with Crippen molar-refractivity contribution in [2.75, 3.05) is 7.11 Å². The zero-order chi connectivity index (χ0) is 17.3. The van der Waals surface area contributed by atoms with Gasteiger partial charge in [0, 0.05) is 5.56 Å². The molecule has 0 bridgehead atoms. The highest BCUT2D eigenvalue weighted by Gasteiger charge is 2.49. The van der Waals surface area contributed by atoms with E-state index in [-0.39, 0.29) is 0 Å². The number of aliphatic hydroxyl groups excluding tert-OH is 1. The summed E-state index contributed by atoms with van der Waals surface area (Å²) in [5.41, 5.74) is 0.916. The average molecular weight is 326 g/mol. The summed E-state index contributed by atoms with van der Waals surface area (Å²) in [5.74, 6) is -0.131. The molecular weight excluding hydrogens is 308 g/mol. The molecule has 1 heterocycles. The minimum atomic E-state index is -1.45. The second-order valence-electron chi connectivity index (χ2n) is 5.84. The van der Waals surface area contributed by atoms with E-state index in [0.717, 1.165) is 11.1 Å². The molecule has 0 radical (unpaired) electrons. The Hall–Kier alpha value is -2.86. The lowest BCUT2D eigenvalue weighted by atomic mass is 9.88. The van der Waals surface area contributed by atoms with Crippen molar-refractivity contribution in [3.05, 3.63) is 54.1 Å². The fourth-order valence-corrected chi connectivity index (χ4v) is 2.81. The van der Waals surface area contributed by atoms with E-state index in [4.69, 9.17) is 4.74 Å². The Morgan fingerprint density at radius 3 is 2.38 bits per heavy atom. The lowest BCUT2D eigenvalue weighted by molar-refractivity contribution is -0.127. The minimum Gasteiger partial charge on any atom is -0.496 e. The van der Waals surface area contributed by atoms with Crippen LogP contribution in [0.2, 0.25) is 0 Å². The van der Waals surface area contributed by atoms with Gasteiger partial charge < -0.3 is 15.2 Å². The minimum absolute atomic E-state index is 0.428. The van der Waals surface area contributed by atoms with Crippen molar-refractivity contribution in [1.82, 2.24) is 10.6 Å². The second kappa shape index (κ2) is 5.98. The van der Waals surface area contributed by atoms with Crippen LogP contribution >= 0.6 is 0 Å². The lowest BCUT2D eigenvalue weighted by Gasteiger charge is -2.28. The predicted octanol–water partition coefficient (Wildman–Crippen LogP) is 1.99. The van der Waals surface area contributed by atoms with Crippen LogP contribution in [-0.4, -0.2) is 29.7 Å². The van der Waals surface area contributed by atoms with E-state index in [1.807, 2.05) is 36.4 Å². The van der Waals surface area contributed by atoms with Crippen LogP contribution in [0.5, 0.6) is 5.75 Å². The van der Waals surface area contributed by atoms with E-state index in [0.29, 0.717) is 11.3 Å². The van der Waals surface area contributed by atoms with Crippen LogP contribution in [0.15, 0.2) is 48.5 Å². The summed E-state index contributed by atoms with van der Waals surface area (Å²) in [6.07, 6.45) is -1.25. The van der Waals surface area contributed by atoms with Crippen molar-refractivity contribution in [3.8, 4) is 16.9 Å². The summed E-state index contributed by atoms with van der Waals surface area (Å²) in [6.45, 7) is 1.47. The van der Waals surface area contributed by atoms with Crippen LogP contribution in [-0.2, 0) is 4.79 Å². The normalized spacial score (nSPS) is 21.1. The largest absolute Gasteiger partial charge is 0.496 e. The fourth-order valence-electron chi connectivity index (χ4n) is 2.81. The number of amides is 3. The second-order valence-corrected chi connectivity index (χ2v) is 5.84. The number of ether oxygens (including phenoxy) is 1. The average Bonchev–Trinajstić information content (AvgIpc) is 2.87. The van der Waals surface area contributed by atoms with Crippen LogP contribution in [0.4, 0.5) is 4.79 Å². The molecule has 2 aromatic rings. The first kappa shape index (κ1) is 16.0. The molecule has 0 saturated carbocycles. The van der Waals surface area contributed by atoms with Crippen LogP contribution in [0.3, 0.4) is 0 Å². The molecule has 2 unspecified atom stereocenters. The SMILES string of the molecule is COc1cc(-c2ccccc2)ccc1C(O)C1(C)NC(=O)NC1=O.